The Kier molecular flexibility index (Phi) is 7.93. The van der Waals surface area contributed by atoms with E-state index in [0.29, 0.717) is 36.4 Å². The van der Waals surface area contributed by atoms with E-state index in [0.717, 1.165) is 0 Å². The lowest BCUT2D eigenvalue weighted by atomic mass is 9.98. The smallest absolute Gasteiger partial charge is 0.338 e. The Labute approximate surface area is 193 Å². The monoisotopic (exact) mass is 476 g/mol. The fourth-order valence-corrected chi connectivity index (χ4v) is 5.34. The predicted molar refractivity (Wildman–Crippen MR) is 122 cm³/mol. The first-order valence-electron chi connectivity index (χ1n) is 10.6. The van der Waals surface area contributed by atoms with Crippen molar-refractivity contribution >= 4 is 27.6 Å². The number of methoxy groups -OCH3 is 2. The first-order valence-corrected chi connectivity index (χ1v) is 12.0. The molecule has 0 aromatic heterocycles. The number of rotatable bonds is 8. The number of esters is 1. The number of anilines is 1. The summed E-state index contributed by atoms with van der Waals surface area (Å²) in [5.74, 6) is -0.626. The number of hydrogen-bond donors (Lipinski definition) is 1. The molecule has 1 aliphatic rings. The average molecular weight is 477 g/mol. The van der Waals surface area contributed by atoms with Gasteiger partial charge in [-0.05, 0) is 56.2 Å². The van der Waals surface area contributed by atoms with Crippen molar-refractivity contribution in [3.05, 3.63) is 48.0 Å². The van der Waals surface area contributed by atoms with Gasteiger partial charge in [0.1, 0.15) is 16.4 Å². The molecule has 3 rings (SSSR count). The maximum atomic E-state index is 13.3. The van der Waals surface area contributed by atoms with Crippen molar-refractivity contribution in [3.63, 3.8) is 0 Å². The Morgan fingerprint density at radius 3 is 2.45 bits per heavy atom. The molecule has 1 amide bonds. The molecule has 9 nitrogen and oxygen atoms in total. The van der Waals surface area contributed by atoms with Crippen LogP contribution in [0.4, 0.5) is 5.69 Å². The highest BCUT2D eigenvalue weighted by Gasteiger charge is 2.35. The molecule has 1 aliphatic heterocycles. The van der Waals surface area contributed by atoms with Crippen LogP contribution in [0.2, 0.25) is 0 Å². The Balaban J connectivity index is 1.72. The van der Waals surface area contributed by atoms with Crippen LogP contribution in [0.1, 0.15) is 30.1 Å². The van der Waals surface area contributed by atoms with Crippen LogP contribution in [-0.2, 0) is 19.6 Å². The van der Waals surface area contributed by atoms with Gasteiger partial charge in [-0.2, -0.15) is 4.31 Å². The third-order valence-electron chi connectivity index (χ3n) is 5.41. The van der Waals surface area contributed by atoms with Crippen molar-refractivity contribution in [2.45, 2.75) is 24.7 Å². The van der Waals surface area contributed by atoms with Gasteiger partial charge in [0.2, 0.25) is 15.9 Å². The van der Waals surface area contributed by atoms with E-state index in [2.05, 4.69) is 5.32 Å². The number of ether oxygens (including phenoxy) is 3. The molecule has 33 heavy (non-hydrogen) atoms. The summed E-state index contributed by atoms with van der Waals surface area (Å²) in [6, 6.07) is 11.0. The number of amides is 1. The number of carbonyl (C=O) groups excluding carboxylic acids is 2. The summed E-state index contributed by atoms with van der Waals surface area (Å²) in [4.78, 5) is 24.6. The quantitative estimate of drug-likeness (QED) is 0.583. The molecule has 1 saturated heterocycles. The highest BCUT2D eigenvalue weighted by Crippen LogP contribution is 2.33. The van der Waals surface area contributed by atoms with Gasteiger partial charge in [-0.15, -0.1) is 0 Å². The van der Waals surface area contributed by atoms with E-state index >= 15 is 0 Å². The number of hydrogen-bond acceptors (Lipinski definition) is 7. The van der Waals surface area contributed by atoms with Gasteiger partial charge in [-0.3, -0.25) is 4.79 Å². The lowest BCUT2D eigenvalue weighted by Gasteiger charge is -2.31. The predicted octanol–water partition coefficient (Wildman–Crippen LogP) is 2.92. The van der Waals surface area contributed by atoms with Gasteiger partial charge in [-0.25, -0.2) is 13.2 Å². The second-order valence-electron chi connectivity index (χ2n) is 7.51. The summed E-state index contributed by atoms with van der Waals surface area (Å²) in [6.45, 7) is 2.36. The summed E-state index contributed by atoms with van der Waals surface area (Å²) >= 11 is 0. The Morgan fingerprint density at radius 1 is 1.09 bits per heavy atom. The summed E-state index contributed by atoms with van der Waals surface area (Å²) in [5, 5.41) is 2.81. The Bertz CT molecular complexity index is 1100. The van der Waals surface area contributed by atoms with Crippen LogP contribution in [-0.4, -0.2) is 58.5 Å². The molecule has 0 unspecified atom stereocenters. The lowest BCUT2D eigenvalue weighted by Crippen LogP contribution is -2.43. The van der Waals surface area contributed by atoms with Crippen molar-refractivity contribution in [1.29, 1.82) is 0 Å². The molecule has 1 atom stereocenters. The third-order valence-corrected chi connectivity index (χ3v) is 7.29. The number of piperidine rings is 1. The first-order chi connectivity index (χ1) is 15.8. The maximum absolute atomic E-state index is 13.3. The van der Waals surface area contributed by atoms with Gasteiger partial charge in [-0.1, -0.05) is 0 Å². The van der Waals surface area contributed by atoms with Gasteiger partial charge in [0.05, 0.1) is 32.3 Å². The molecule has 0 saturated carbocycles. The normalized spacial score (nSPS) is 16.6. The zero-order valence-corrected chi connectivity index (χ0v) is 19.7. The van der Waals surface area contributed by atoms with Gasteiger partial charge >= 0.3 is 5.97 Å². The van der Waals surface area contributed by atoms with Crippen molar-refractivity contribution in [1.82, 2.24) is 4.31 Å². The minimum absolute atomic E-state index is 0.0000349. The van der Waals surface area contributed by atoms with E-state index in [1.54, 1.807) is 43.3 Å². The molecular formula is C23H28N2O7S. The summed E-state index contributed by atoms with van der Waals surface area (Å²) in [6.07, 6.45) is 1.11. The Morgan fingerprint density at radius 2 is 1.82 bits per heavy atom. The van der Waals surface area contributed by atoms with Crippen LogP contribution < -0.4 is 14.8 Å². The molecule has 0 spiro atoms. The number of carbonyl (C=O) groups is 2. The van der Waals surface area contributed by atoms with E-state index in [1.807, 2.05) is 0 Å². The lowest BCUT2D eigenvalue weighted by molar-refractivity contribution is -0.120. The second-order valence-corrected chi connectivity index (χ2v) is 9.41. The molecule has 0 bridgehead atoms. The van der Waals surface area contributed by atoms with Gasteiger partial charge in [0.25, 0.3) is 0 Å². The molecule has 1 N–H and O–H groups in total. The standard InChI is InChI=1S/C23H28N2O7S/c1-4-32-23(27)16-7-9-18(10-8-16)24-22(26)17-6-5-13-25(15-17)33(28,29)21-14-19(30-2)11-12-20(21)31-3/h7-12,14,17H,4-6,13,15H2,1-3H3,(H,24,26)/t17-/m0/s1. The average Bonchev–Trinajstić information content (AvgIpc) is 2.84. The van der Waals surface area contributed by atoms with Crippen molar-refractivity contribution in [2.24, 2.45) is 5.92 Å². The molecule has 178 valence electrons. The maximum Gasteiger partial charge on any atom is 0.338 e. The fraction of sp³-hybridized carbons (Fsp3) is 0.391. The minimum Gasteiger partial charge on any atom is -0.497 e. The molecule has 10 heteroatoms. The summed E-state index contributed by atoms with van der Waals surface area (Å²) < 4.78 is 43.3. The number of nitrogens with zero attached hydrogens (tertiary/aromatic N) is 1. The van der Waals surface area contributed by atoms with Gasteiger partial charge < -0.3 is 19.5 Å². The SMILES string of the molecule is CCOC(=O)c1ccc(NC(=O)[C@H]2CCCN(S(=O)(=O)c3cc(OC)ccc3OC)C2)cc1. The zero-order valence-electron chi connectivity index (χ0n) is 18.9. The molecule has 2 aromatic rings. The molecule has 2 aromatic carbocycles. The Hall–Kier alpha value is -3.11. The highest BCUT2D eigenvalue weighted by molar-refractivity contribution is 7.89. The van der Waals surface area contributed by atoms with Crippen molar-refractivity contribution in [3.8, 4) is 11.5 Å². The van der Waals surface area contributed by atoms with E-state index in [9.17, 15) is 18.0 Å². The minimum atomic E-state index is -3.90. The molecule has 1 fully saturated rings. The van der Waals surface area contributed by atoms with E-state index in [4.69, 9.17) is 14.2 Å². The summed E-state index contributed by atoms with van der Waals surface area (Å²) in [5.41, 5.74) is 0.902. The van der Waals surface area contributed by atoms with Crippen LogP contribution in [0.15, 0.2) is 47.4 Å². The van der Waals surface area contributed by atoms with Crippen LogP contribution >= 0.6 is 0 Å². The first kappa shape index (κ1) is 24.5. The van der Waals surface area contributed by atoms with E-state index in [-0.39, 0.29) is 29.7 Å². The molecule has 1 heterocycles. The van der Waals surface area contributed by atoms with Gasteiger partial charge in [0, 0.05) is 24.8 Å². The van der Waals surface area contributed by atoms with Crippen LogP contribution in [0.5, 0.6) is 11.5 Å². The topological polar surface area (TPSA) is 111 Å². The van der Waals surface area contributed by atoms with Crippen LogP contribution in [0, 0.1) is 5.92 Å². The van der Waals surface area contributed by atoms with E-state index < -0.39 is 21.9 Å². The largest absolute Gasteiger partial charge is 0.497 e. The van der Waals surface area contributed by atoms with E-state index in [1.165, 1.54) is 24.6 Å². The van der Waals surface area contributed by atoms with Crippen LogP contribution in [0.3, 0.4) is 0 Å². The highest BCUT2D eigenvalue weighted by atomic mass is 32.2. The second kappa shape index (κ2) is 10.7. The number of nitrogens with one attached hydrogen (secondary N) is 1. The fourth-order valence-electron chi connectivity index (χ4n) is 3.65. The number of benzene rings is 2. The molecular weight excluding hydrogens is 448 g/mol. The van der Waals surface area contributed by atoms with Crippen molar-refractivity contribution < 1.29 is 32.2 Å². The third kappa shape index (κ3) is 5.63. The molecule has 0 radical (unpaired) electrons. The number of sulfonamides is 1. The van der Waals surface area contributed by atoms with Crippen molar-refractivity contribution in [2.75, 3.05) is 39.2 Å². The summed E-state index contributed by atoms with van der Waals surface area (Å²) in [7, 11) is -1.04. The van der Waals surface area contributed by atoms with Crippen LogP contribution in [0.25, 0.3) is 0 Å². The zero-order chi connectivity index (χ0) is 24.0. The molecule has 0 aliphatic carbocycles. The van der Waals surface area contributed by atoms with Gasteiger partial charge in [0.15, 0.2) is 0 Å².